The Labute approximate surface area is 259 Å². The van der Waals surface area contributed by atoms with Crippen molar-refractivity contribution in [2.24, 2.45) is 0 Å². The van der Waals surface area contributed by atoms with E-state index in [0.29, 0.717) is 35.5 Å². The summed E-state index contributed by atoms with van der Waals surface area (Å²) in [5, 5.41) is 3.43. The molecular formula is C36H33BrO6. The summed E-state index contributed by atoms with van der Waals surface area (Å²) >= 11 is 3.61. The number of benzene rings is 5. The molecule has 5 aromatic carbocycles. The Balaban J connectivity index is 1.42. The van der Waals surface area contributed by atoms with Gasteiger partial charge in [-0.1, -0.05) is 90.4 Å². The van der Waals surface area contributed by atoms with E-state index in [1.54, 1.807) is 24.3 Å². The van der Waals surface area contributed by atoms with E-state index in [0.717, 1.165) is 26.0 Å². The first-order valence-electron chi connectivity index (χ1n) is 14.4. The molecule has 0 aliphatic carbocycles. The van der Waals surface area contributed by atoms with Crippen LogP contribution in [0.15, 0.2) is 108 Å². The second kappa shape index (κ2) is 14.2. The highest BCUT2D eigenvalue weighted by molar-refractivity contribution is 9.10. The number of fused-ring (bicyclic) bond motifs is 2. The van der Waals surface area contributed by atoms with Crippen molar-refractivity contribution in [1.82, 2.24) is 0 Å². The molecule has 2 unspecified atom stereocenters. The highest BCUT2D eigenvalue weighted by atomic mass is 79.9. The summed E-state index contributed by atoms with van der Waals surface area (Å²) in [5.41, 5.74) is 1.00. The molecule has 0 heterocycles. The number of esters is 2. The summed E-state index contributed by atoms with van der Waals surface area (Å²) in [4.78, 5) is 25.4. The summed E-state index contributed by atoms with van der Waals surface area (Å²) in [6, 6.07) is 31.7. The normalized spacial score (nSPS) is 12.4. The molecule has 0 amide bonds. The molecule has 0 saturated carbocycles. The van der Waals surface area contributed by atoms with E-state index in [1.165, 1.54) is 0 Å². The zero-order valence-corrected chi connectivity index (χ0v) is 25.7. The highest BCUT2D eigenvalue weighted by Gasteiger charge is 2.22. The maximum Gasteiger partial charge on any atom is 0.338 e. The van der Waals surface area contributed by atoms with E-state index in [2.05, 4.69) is 15.9 Å². The summed E-state index contributed by atoms with van der Waals surface area (Å²) in [6.07, 6.45) is 0.326. The molecule has 0 aromatic heterocycles. The first-order valence-corrected chi connectivity index (χ1v) is 15.2. The van der Waals surface area contributed by atoms with Gasteiger partial charge in [0.05, 0.1) is 11.1 Å². The van der Waals surface area contributed by atoms with Crippen LogP contribution in [0.5, 0.6) is 11.5 Å². The van der Waals surface area contributed by atoms with Crippen molar-refractivity contribution < 1.29 is 28.5 Å². The minimum absolute atomic E-state index is 0.189. The van der Waals surface area contributed by atoms with Gasteiger partial charge in [-0.3, -0.25) is 0 Å². The molecule has 0 bridgehead atoms. The largest absolute Gasteiger partial charge is 0.488 e. The Kier molecular flexibility index (Phi) is 9.95. The fraction of sp³-hybridized carbons (Fsp3) is 0.222. The van der Waals surface area contributed by atoms with E-state index in [9.17, 15) is 9.59 Å². The lowest BCUT2D eigenvalue weighted by Crippen LogP contribution is -2.25. The van der Waals surface area contributed by atoms with Crippen LogP contribution in [0.4, 0.5) is 0 Å². The molecule has 0 fully saturated rings. The molecule has 220 valence electrons. The maximum absolute atomic E-state index is 12.7. The predicted molar refractivity (Wildman–Crippen MR) is 172 cm³/mol. The molecule has 0 saturated heterocycles. The molecule has 0 aliphatic rings. The lowest BCUT2D eigenvalue weighted by atomic mass is 10.0. The second-order valence-corrected chi connectivity index (χ2v) is 11.0. The number of carbonyl (C=O) groups excluding carboxylic acids is 2. The molecule has 43 heavy (non-hydrogen) atoms. The van der Waals surface area contributed by atoms with Gasteiger partial charge >= 0.3 is 11.9 Å². The molecular weight excluding hydrogens is 608 g/mol. The van der Waals surface area contributed by atoms with Crippen LogP contribution in [-0.2, 0) is 9.47 Å². The number of ether oxygens (including phenoxy) is 4. The highest BCUT2D eigenvalue weighted by Crippen LogP contribution is 2.44. The van der Waals surface area contributed by atoms with E-state index in [4.69, 9.17) is 18.9 Å². The Bertz CT molecular complexity index is 1700. The number of halogens is 1. The van der Waals surface area contributed by atoms with Crippen LogP contribution < -0.4 is 9.47 Å². The van der Waals surface area contributed by atoms with E-state index in [1.807, 2.05) is 92.7 Å². The first kappa shape index (κ1) is 30.1. The molecule has 6 nitrogen and oxygen atoms in total. The molecule has 0 radical (unpaired) electrons. The SMILES string of the molecule is CCC(COc1c2ccccc2c(OCC(CC)OC(=O)c2ccccc2)c2cc(Br)ccc12)OC(=O)c1ccccc1. The van der Waals surface area contributed by atoms with Gasteiger partial charge in [-0.05, 0) is 55.3 Å². The standard InChI is InChI=1S/C36H33BrO6/c1-3-27(42-35(38)24-13-7-5-8-14-24)22-40-33-29-17-11-12-18-30(29)34(32-21-26(37)19-20-31(32)33)41-23-28(4-2)43-36(39)25-15-9-6-10-16-25/h5-21,27-28H,3-4,22-23H2,1-2H3. The lowest BCUT2D eigenvalue weighted by Gasteiger charge is -2.22. The van der Waals surface area contributed by atoms with Crippen molar-refractivity contribution in [3.05, 3.63) is 119 Å². The fourth-order valence-electron chi connectivity index (χ4n) is 4.79. The number of hydrogen-bond donors (Lipinski definition) is 0. The minimum atomic E-state index is -0.436. The minimum Gasteiger partial charge on any atom is -0.488 e. The van der Waals surface area contributed by atoms with Crippen LogP contribution >= 0.6 is 15.9 Å². The summed E-state index contributed by atoms with van der Waals surface area (Å²) in [7, 11) is 0. The van der Waals surface area contributed by atoms with Crippen LogP contribution in [0.2, 0.25) is 0 Å². The van der Waals surface area contributed by atoms with Crippen LogP contribution in [0.3, 0.4) is 0 Å². The zero-order valence-electron chi connectivity index (χ0n) is 24.1. The Hall–Kier alpha value is -4.36. The second-order valence-electron chi connectivity index (χ2n) is 10.1. The fourth-order valence-corrected chi connectivity index (χ4v) is 5.15. The van der Waals surface area contributed by atoms with Gasteiger partial charge in [-0.15, -0.1) is 0 Å². The Morgan fingerprint density at radius 2 is 1.00 bits per heavy atom. The first-order chi connectivity index (χ1) is 21.0. The van der Waals surface area contributed by atoms with Crippen LogP contribution in [0, 0.1) is 0 Å². The van der Waals surface area contributed by atoms with Gasteiger partial charge < -0.3 is 18.9 Å². The van der Waals surface area contributed by atoms with Gasteiger partial charge in [0, 0.05) is 26.0 Å². The molecule has 0 aliphatic heterocycles. The molecule has 2 atom stereocenters. The topological polar surface area (TPSA) is 71.1 Å². The molecule has 0 N–H and O–H groups in total. The zero-order chi connectivity index (χ0) is 30.2. The summed E-state index contributed by atoms with van der Waals surface area (Å²) < 4.78 is 25.4. The van der Waals surface area contributed by atoms with Crippen molar-refractivity contribution in [2.45, 2.75) is 38.9 Å². The van der Waals surface area contributed by atoms with Crippen molar-refractivity contribution in [2.75, 3.05) is 13.2 Å². The maximum atomic E-state index is 12.7. The third-order valence-electron chi connectivity index (χ3n) is 7.19. The molecule has 5 rings (SSSR count). The molecule has 7 heteroatoms. The Morgan fingerprint density at radius 1 is 0.581 bits per heavy atom. The summed E-state index contributed by atoms with van der Waals surface area (Å²) in [5.74, 6) is 0.603. The van der Waals surface area contributed by atoms with Crippen LogP contribution in [0.1, 0.15) is 47.4 Å². The van der Waals surface area contributed by atoms with E-state index in [-0.39, 0.29) is 25.2 Å². The third kappa shape index (κ3) is 7.17. The smallest absolute Gasteiger partial charge is 0.338 e. The molecule has 0 spiro atoms. The van der Waals surface area contributed by atoms with E-state index >= 15 is 0 Å². The van der Waals surface area contributed by atoms with Gasteiger partial charge in [-0.2, -0.15) is 0 Å². The summed E-state index contributed by atoms with van der Waals surface area (Å²) in [6.45, 7) is 4.31. The van der Waals surface area contributed by atoms with Gasteiger partial charge in [0.2, 0.25) is 0 Å². The quantitative estimate of drug-likeness (QED) is 0.100. The average Bonchev–Trinajstić information content (AvgIpc) is 3.05. The Morgan fingerprint density at radius 3 is 1.47 bits per heavy atom. The van der Waals surface area contributed by atoms with Gasteiger partial charge in [0.15, 0.2) is 0 Å². The lowest BCUT2D eigenvalue weighted by molar-refractivity contribution is 0.0159. The molecule has 5 aromatic rings. The van der Waals surface area contributed by atoms with Crippen molar-refractivity contribution in [3.63, 3.8) is 0 Å². The van der Waals surface area contributed by atoms with Gasteiger partial charge in [-0.25, -0.2) is 9.59 Å². The van der Waals surface area contributed by atoms with E-state index < -0.39 is 12.2 Å². The van der Waals surface area contributed by atoms with Crippen molar-refractivity contribution >= 4 is 49.4 Å². The van der Waals surface area contributed by atoms with Crippen molar-refractivity contribution in [1.29, 1.82) is 0 Å². The van der Waals surface area contributed by atoms with Crippen LogP contribution in [-0.4, -0.2) is 37.4 Å². The number of rotatable bonds is 12. The van der Waals surface area contributed by atoms with Gasteiger partial charge in [0.25, 0.3) is 0 Å². The third-order valence-corrected chi connectivity index (χ3v) is 7.68. The predicted octanol–water partition coefficient (Wildman–Crippen LogP) is 8.78. The number of carbonyl (C=O) groups is 2. The average molecular weight is 642 g/mol. The van der Waals surface area contributed by atoms with Gasteiger partial charge in [0.1, 0.15) is 36.9 Å². The monoisotopic (exact) mass is 640 g/mol. The van der Waals surface area contributed by atoms with Crippen molar-refractivity contribution in [3.8, 4) is 11.5 Å². The number of hydrogen-bond acceptors (Lipinski definition) is 6. The van der Waals surface area contributed by atoms with Crippen LogP contribution in [0.25, 0.3) is 21.5 Å².